The normalized spacial score (nSPS) is 11.9. The highest BCUT2D eigenvalue weighted by molar-refractivity contribution is 5.72. The molecule has 0 aliphatic carbocycles. The third-order valence-corrected chi connectivity index (χ3v) is 1.46. The van der Waals surface area contributed by atoms with Gasteiger partial charge in [-0.3, -0.25) is 4.79 Å². The minimum atomic E-state index is -0.925. The summed E-state index contributed by atoms with van der Waals surface area (Å²) in [6.07, 6.45) is -0.525. The number of nitrogens with zero attached hydrogens (tertiary/aromatic N) is 1. The molecule has 0 saturated heterocycles. The van der Waals surface area contributed by atoms with Crippen LogP contribution in [0.15, 0.2) is 0 Å². The van der Waals surface area contributed by atoms with E-state index in [2.05, 4.69) is 4.74 Å². The van der Waals surface area contributed by atoms with Crippen LogP contribution in [0.5, 0.6) is 0 Å². The number of carbonyl (C=O) groups is 2. The molecular weight excluding hydrogens is 162 g/mol. The van der Waals surface area contributed by atoms with E-state index >= 15 is 0 Å². The van der Waals surface area contributed by atoms with E-state index < -0.39 is 18.0 Å². The van der Waals surface area contributed by atoms with Crippen molar-refractivity contribution in [2.75, 3.05) is 20.7 Å². The first kappa shape index (κ1) is 10.7. The van der Waals surface area contributed by atoms with Crippen molar-refractivity contribution in [3.63, 3.8) is 0 Å². The number of carboxylic acids is 1. The molecule has 5 nitrogen and oxygen atoms in total. The SMILES string of the molecule is COC(=O)N(C)CC(C)C(=O)O. The number of rotatable bonds is 3. The van der Waals surface area contributed by atoms with Crippen molar-refractivity contribution in [3.8, 4) is 0 Å². The van der Waals surface area contributed by atoms with Crippen molar-refractivity contribution in [1.29, 1.82) is 0 Å². The third-order valence-electron chi connectivity index (χ3n) is 1.46. The molecule has 0 aliphatic heterocycles. The van der Waals surface area contributed by atoms with Crippen LogP contribution in [0.2, 0.25) is 0 Å². The predicted octanol–water partition coefficient (Wildman–Crippen LogP) is 0.405. The minimum Gasteiger partial charge on any atom is -0.481 e. The molecule has 12 heavy (non-hydrogen) atoms. The molecule has 5 heteroatoms. The Morgan fingerprint density at radius 1 is 1.58 bits per heavy atom. The lowest BCUT2D eigenvalue weighted by Gasteiger charge is -2.17. The second kappa shape index (κ2) is 4.58. The Morgan fingerprint density at radius 2 is 2.08 bits per heavy atom. The van der Waals surface area contributed by atoms with Crippen LogP contribution in [-0.2, 0) is 9.53 Å². The fraction of sp³-hybridized carbons (Fsp3) is 0.714. The fourth-order valence-corrected chi connectivity index (χ4v) is 0.719. The van der Waals surface area contributed by atoms with E-state index in [-0.39, 0.29) is 6.54 Å². The average molecular weight is 175 g/mol. The molecule has 1 unspecified atom stereocenters. The van der Waals surface area contributed by atoms with Gasteiger partial charge in [0, 0.05) is 13.6 Å². The van der Waals surface area contributed by atoms with Gasteiger partial charge < -0.3 is 14.7 Å². The maximum Gasteiger partial charge on any atom is 0.409 e. The molecule has 0 rings (SSSR count). The smallest absolute Gasteiger partial charge is 0.409 e. The summed E-state index contributed by atoms with van der Waals surface area (Å²) < 4.78 is 4.39. The van der Waals surface area contributed by atoms with Gasteiger partial charge in [0.05, 0.1) is 13.0 Å². The van der Waals surface area contributed by atoms with E-state index in [9.17, 15) is 9.59 Å². The van der Waals surface area contributed by atoms with Gasteiger partial charge in [-0.2, -0.15) is 0 Å². The van der Waals surface area contributed by atoms with Gasteiger partial charge in [-0.15, -0.1) is 0 Å². The van der Waals surface area contributed by atoms with E-state index in [4.69, 9.17) is 5.11 Å². The molecular formula is C7H13NO4. The highest BCUT2D eigenvalue weighted by Gasteiger charge is 2.16. The maximum absolute atomic E-state index is 10.8. The summed E-state index contributed by atoms with van der Waals surface area (Å²) in [5, 5.41) is 8.51. The molecule has 0 aliphatic rings. The Morgan fingerprint density at radius 3 is 2.42 bits per heavy atom. The van der Waals surface area contributed by atoms with Crippen LogP contribution in [0.25, 0.3) is 0 Å². The Bertz CT molecular complexity index is 180. The minimum absolute atomic E-state index is 0.155. The molecule has 0 radical (unpaired) electrons. The number of aliphatic carboxylic acids is 1. The lowest BCUT2D eigenvalue weighted by atomic mass is 10.2. The van der Waals surface area contributed by atoms with Gasteiger partial charge in [0.15, 0.2) is 0 Å². The molecule has 70 valence electrons. The molecule has 0 bridgehead atoms. The Hall–Kier alpha value is -1.26. The molecule has 0 heterocycles. The summed E-state index contributed by atoms with van der Waals surface area (Å²) in [6, 6.07) is 0. The maximum atomic E-state index is 10.8. The van der Waals surface area contributed by atoms with Crippen molar-refractivity contribution in [2.24, 2.45) is 5.92 Å². The van der Waals surface area contributed by atoms with Gasteiger partial charge >= 0.3 is 12.1 Å². The monoisotopic (exact) mass is 175 g/mol. The zero-order chi connectivity index (χ0) is 9.72. The van der Waals surface area contributed by atoms with E-state index in [0.717, 1.165) is 0 Å². The molecule has 0 saturated carbocycles. The highest BCUT2D eigenvalue weighted by atomic mass is 16.5. The van der Waals surface area contributed by atoms with Gasteiger partial charge in [-0.05, 0) is 0 Å². The lowest BCUT2D eigenvalue weighted by molar-refractivity contribution is -0.141. The number of hydrogen-bond acceptors (Lipinski definition) is 3. The first-order valence-electron chi connectivity index (χ1n) is 3.51. The second-order valence-corrected chi connectivity index (χ2v) is 2.59. The van der Waals surface area contributed by atoms with Crippen molar-refractivity contribution >= 4 is 12.1 Å². The van der Waals surface area contributed by atoms with Crippen LogP contribution in [0.3, 0.4) is 0 Å². The molecule has 1 atom stereocenters. The van der Waals surface area contributed by atoms with E-state index in [1.807, 2.05) is 0 Å². The Balaban J connectivity index is 3.91. The molecule has 0 spiro atoms. The van der Waals surface area contributed by atoms with Gasteiger partial charge in [-0.1, -0.05) is 6.92 Å². The summed E-state index contributed by atoms with van der Waals surface area (Å²) in [6.45, 7) is 1.68. The van der Waals surface area contributed by atoms with Crippen molar-refractivity contribution in [1.82, 2.24) is 4.90 Å². The third kappa shape index (κ3) is 3.23. The van der Waals surface area contributed by atoms with E-state index in [1.54, 1.807) is 0 Å². The number of carbonyl (C=O) groups excluding carboxylic acids is 1. The molecule has 0 fully saturated rings. The highest BCUT2D eigenvalue weighted by Crippen LogP contribution is 1.99. The number of methoxy groups -OCH3 is 1. The molecule has 0 aromatic carbocycles. The molecule has 0 aromatic heterocycles. The first-order chi connectivity index (χ1) is 5.49. The zero-order valence-corrected chi connectivity index (χ0v) is 7.40. The number of amides is 1. The quantitative estimate of drug-likeness (QED) is 0.674. The van der Waals surface area contributed by atoms with Crippen molar-refractivity contribution < 1.29 is 19.4 Å². The van der Waals surface area contributed by atoms with Crippen LogP contribution in [-0.4, -0.2) is 42.8 Å². The molecule has 1 amide bonds. The van der Waals surface area contributed by atoms with Gasteiger partial charge in [0.25, 0.3) is 0 Å². The number of hydrogen-bond donors (Lipinski definition) is 1. The zero-order valence-electron chi connectivity index (χ0n) is 7.40. The Kier molecular flexibility index (Phi) is 4.10. The summed E-state index contributed by atoms with van der Waals surface area (Å²) in [5.41, 5.74) is 0. The van der Waals surface area contributed by atoms with Gasteiger partial charge in [-0.25, -0.2) is 4.79 Å². The summed E-state index contributed by atoms with van der Waals surface area (Å²) in [4.78, 5) is 22.4. The van der Waals surface area contributed by atoms with Crippen molar-refractivity contribution in [2.45, 2.75) is 6.92 Å². The summed E-state index contributed by atoms with van der Waals surface area (Å²) in [7, 11) is 2.75. The fourth-order valence-electron chi connectivity index (χ4n) is 0.719. The largest absolute Gasteiger partial charge is 0.481 e. The topological polar surface area (TPSA) is 66.8 Å². The standard InChI is InChI=1S/C7H13NO4/c1-5(6(9)10)4-8(2)7(11)12-3/h5H,4H2,1-3H3,(H,9,10). The van der Waals surface area contributed by atoms with Gasteiger partial charge in [0.1, 0.15) is 0 Å². The van der Waals surface area contributed by atoms with Crippen LogP contribution in [0, 0.1) is 5.92 Å². The Labute approximate surface area is 70.9 Å². The number of ether oxygens (including phenoxy) is 1. The molecule has 0 aromatic rings. The van der Waals surface area contributed by atoms with Crippen LogP contribution >= 0.6 is 0 Å². The predicted molar refractivity (Wildman–Crippen MR) is 41.8 cm³/mol. The van der Waals surface area contributed by atoms with Crippen LogP contribution in [0.1, 0.15) is 6.92 Å². The average Bonchev–Trinajstić information content (AvgIpc) is 2.02. The second-order valence-electron chi connectivity index (χ2n) is 2.59. The van der Waals surface area contributed by atoms with E-state index in [0.29, 0.717) is 0 Å². The van der Waals surface area contributed by atoms with Crippen LogP contribution in [0.4, 0.5) is 4.79 Å². The van der Waals surface area contributed by atoms with Crippen LogP contribution < -0.4 is 0 Å². The van der Waals surface area contributed by atoms with Crippen molar-refractivity contribution in [3.05, 3.63) is 0 Å². The molecule has 1 N–H and O–H groups in total. The summed E-state index contributed by atoms with van der Waals surface area (Å²) in [5.74, 6) is -1.50. The lowest BCUT2D eigenvalue weighted by Crippen LogP contribution is -2.33. The summed E-state index contributed by atoms with van der Waals surface area (Å²) >= 11 is 0. The first-order valence-corrected chi connectivity index (χ1v) is 3.51. The van der Waals surface area contributed by atoms with Gasteiger partial charge in [0.2, 0.25) is 0 Å². The van der Waals surface area contributed by atoms with E-state index in [1.165, 1.54) is 26.0 Å². The number of carboxylic acid groups (broad SMARTS) is 1.